The largest absolute Gasteiger partial charge is 0.369 e. The van der Waals surface area contributed by atoms with Crippen LogP contribution in [0.15, 0.2) is 18.2 Å². The molecule has 0 aromatic heterocycles. The minimum Gasteiger partial charge on any atom is -0.369 e. The average molecular weight is 278 g/mol. The number of halogens is 1. The van der Waals surface area contributed by atoms with Crippen molar-refractivity contribution in [3.63, 3.8) is 0 Å². The van der Waals surface area contributed by atoms with Gasteiger partial charge in [0.1, 0.15) is 5.82 Å². The third-order valence-corrected chi connectivity index (χ3v) is 4.87. The van der Waals surface area contributed by atoms with E-state index in [0.29, 0.717) is 5.41 Å². The maximum Gasteiger partial charge on any atom is 0.146 e. The van der Waals surface area contributed by atoms with E-state index in [0.717, 1.165) is 37.4 Å². The van der Waals surface area contributed by atoms with Gasteiger partial charge in [-0.2, -0.15) is 0 Å². The highest BCUT2D eigenvalue weighted by Crippen LogP contribution is 2.39. The molecule has 0 radical (unpaired) electrons. The molecule has 1 fully saturated rings. The van der Waals surface area contributed by atoms with E-state index in [4.69, 9.17) is 0 Å². The van der Waals surface area contributed by atoms with Crippen LogP contribution < -0.4 is 10.2 Å². The zero-order chi connectivity index (χ0) is 14.6. The Kier molecular flexibility index (Phi) is 5.03. The van der Waals surface area contributed by atoms with Crippen LogP contribution in [-0.4, -0.2) is 19.6 Å². The minimum atomic E-state index is -0.0802. The second-order valence-electron chi connectivity index (χ2n) is 5.94. The van der Waals surface area contributed by atoms with Crippen molar-refractivity contribution in [2.45, 2.75) is 46.6 Å². The summed E-state index contributed by atoms with van der Waals surface area (Å²) in [5, 5.41) is 3.23. The number of nitrogens with one attached hydrogen (secondary N) is 1. The predicted molar refractivity (Wildman–Crippen MR) is 83.6 cm³/mol. The van der Waals surface area contributed by atoms with Gasteiger partial charge in [-0.25, -0.2) is 4.39 Å². The molecular weight excluding hydrogens is 251 g/mol. The Morgan fingerprint density at radius 2 is 2.00 bits per heavy atom. The van der Waals surface area contributed by atoms with E-state index in [9.17, 15) is 4.39 Å². The van der Waals surface area contributed by atoms with E-state index in [1.165, 1.54) is 19.3 Å². The van der Waals surface area contributed by atoms with Gasteiger partial charge in [0, 0.05) is 19.6 Å². The molecule has 112 valence electrons. The monoisotopic (exact) mass is 278 g/mol. The van der Waals surface area contributed by atoms with Crippen LogP contribution in [0.2, 0.25) is 0 Å². The number of hydrogen-bond donors (Lipinski definition) is 1. The number of nitrogens with zero attached hydrogens (tertiary/aromatic N) is 1. The van der Waals surface area contributed by atoms with E-state index in [1.807, 2.05) is 12.1 Å². The van der Waals surface area contributed by atoms with Gasteiger partial charge in [0.2, 0.25) is 0 Å². The second-order valence-corrected chi connectivity index (χ2v) is 5.94. The highest BCUT2D eigenvalue weighted by atomic mass is 19.1. The van der Waals surface area contributed by atoms with Crippen molar-refractivity contribution >= 4 is 5.69 Å². The molecule has 0 aliphatic carbocycles. The lowest BCUT2D eigenvalue weighted by Crippen LogP contribution is -2.26. The SMILES string of the molecule is CCNCc1ccc(N2CCC(CC)(CC)C2)c(F)c1. The third-order valence-electron chi connectivity index (χ3n) is 4.87. The summed E-state index contributed by atoms with van der Waals surface area (Å²) in [6.45, 7) is 10.2. The fourth-order valence-electron chi connectivity index (χ4n) is 3.15. The number of benzene rings is 1. The van der Waals surface area contributed by atoms with Crippen molar-refractivity contribution in [3.05, 3.63) is 29.6 Å². The third kappa shape index (κ3) is 3.14. The Morgan fingerprint density at radius 1 is 1.25 bits per heavy atom. The van der Waals surface area contributed by atoms with Crippen LogP contribution in [0, 0.1) is 11.2 Å². The summed E-state index contributed by atoms with van der Waals surface area (Å²) in [6.07, 6.45) is 3.54. The van der Waals surface area contributed by atoms with Crippen LogP contribution in [0.5, 0.6) is 0 Å². The first-order chi connectivity index (χ1) is 9.64. The van der Waals surface area contributed by atoms with Crippen molar-refractivity contribution in [2.75, 3.05) is 24.5 Å². The molecule has 20 heavy (non-hydrogen) atoms. The number of anilines is 1. The van der Waals surface area contributed by atoms with Crippen LogP contribution in [0.3, 0.4) is 0 Å². The summed E-state index contributed by atoms with van der Waals surface area (Å²) in [7, 11) is 0. The Bertz CT molecular complexity index is 441. The zero-order valence-electron chi connectivity index (χ0n) is 13.0. The fourth-order valence-corrected chi connectivity index (χ4v) is 3.15. The van der Waals surface area contributed by atoms with Crippen LogP contribution in [0.4, 0.5) is 10.1 Å². The van der Waals surface area contributed by atoms with Gasteiger partial charge in [0.05, 0.1) is 5.69 Å². The van der Waals surface area contributed by atoms with Crippen LogP contribution >= 0.6 is 0 Å². The molecule has 1 N–H and O–H groups in total. The fraction of sp³-hybridized carbons (Fsp3) is 0.647. The van der Waals surface area contributed by atoms with Gasteiger partial charge in [-0.3, -0.25) is 0 Å². The standard InChI is InChI=1S/C17H27FN2/c1-4-17(5-2)9-10-20(13-17)16-8-7-14(11-15(16)18)12-19-6-3/h7-8,11,19H,4-6,9-10,12-13H2,1-3H3. The van der Waals surface area contributed by atoms with Crippen LogP contribution in [0.25, 0.3) is 0 Å². The van der Waals surface area contributed by atoms with Gasteiger partial charge < -0.3 is 10.2 Å². The maximum atomic E-state index is 14.3. The van der Waals surface area contributed by atoms with Gasteiger partial charge in [-0.1, -0.05) is 26.8 Å². The van der Waals surface area contributed by atoms with E-state index >= 15 is 0 Å². The lowest BCUT2D eigenvalue weighted by Gasteiger charge is -2.27. The van der Waals surface area contributed by atoms with E-state index in [2.05, 4.69) is 31.0 Å². The molecule has 0 atom stereocenters. The van der Waals surface area contributed by atoms with Crippen molar-refractivity contribution in [1.29, 1.82) is 0 Å². The first kappa shape index (κ1) is 15.3. The number of rotatable bonds is 6. The quantitative estimate of drug-likeness (QED) is 0.847. The molecule has 3 heteroatoms. The van der Waals surface area contributed by atoms with Crippen LogP contribution in [-0.2, 0) is 6.54 Å². The Labute approximate surface area is 122 Å². The molecule has 1 aliphatic rings. The smallest absolute Gasteiger partial charge is 0.146 e. The van der Waals surface area contributed by atoms with Crippen molar-refractivity contribution in [3.8, 4) is 0 Å². The lowest BCUT2D eigenvalue weighted by atomic mass is 9.82. The average Bonchev–Trinajstić information content (AvgIpc) is 2.90. The molecule has 0 bridgehead atoms. The molecule has 1 saturated heterocycles. The Balaban J connectivity index is 2.10. The second kappa shape index (κ2) is 6.57. The number of hydrogen-bond acceptors (Lipinski definition) is 2. The van der Waals surface area contributed by atoms with E-state index in [-0.39, 0.29) is 5.82 Å². The van der Waals surface area contributed by atoms with Crippen molar-refractivity contribution in [2.24, 2.45) is 5.41 Å². The van der Waals surface area contributed by atoms with Gasteiger partial charge in [-0.05, 0) is 48.9 Å². The molecule has 0 amide bonds. The van der Waals surface area contributed by atoms with Crippen molar-refractivity contribution in [1.82, 2.24) is 5.32 Å². The predicted octanol–water partition coefficient (Wildman–Crippen LogP) is 3.95. The minimum absolute atomic E-state index is 0.0802. The molecule has 1 aromatic rings. The van der Waals surface area contributed by atoms with E-state index < -0.39 is 0 Å². The first-order valence-electron chi connectivity index (χ1n) is 7.88. The summed E-state index contributed by atoms with van der Waals surface area (Å²) < 4.78 is 14.3. The molecule has 0 unspecified atom stereocenters. The van der Waals surface area contributed by atoms with Gasteiger partial charge in [-0.15, -0.1) is 0 Å². The summed E-state index contributed by atoms with van der Waals surface area (Å²) in [4.78, 5) is 2.22. The van der Waals surface area contributed by atoms with E-state index in [1.54, 1.807) is 6.07 Å². The summed E-state index contributed by atoms with van der Waals surface area (Å²) in [6, 6.07) is 5.66. The Hall–Kier alpha value is -1.09. The molecular formula is C17H27FN2. The lowest BCUT2D eigenvalue weighted by molar-refractivity contribution is 0.301. The van der Waals surface area contributed by atoms with Gasteiger partial charge >= 0.3 is 0 Å². The Morgan fingerprint density at radius 3 is 2.55 bits per heavy atom. The van der Waals surface area contributed by atoms with Gasteiger partial charge in [0.25, 0.3) is 0 Å². The van der Waals surface area contributed by atoms with Crippen molar-refractivity contribution < 1.29 is 4.39 Å². The molecule has 0 saturated carbocycles. The highest BCUT2D eigenvalue weighted by Gasteiger charge is 2.35. The maximum absolute atomic E-state index is 14.3. The normalized spacial score (nSPS) is 17.7. The molecule has 2 nitrogen and oxygen atoms in total. The molecule has 1 aromatic carbocycles. The molecule has 0 spiro atoms. The molecule has 2 rings (SSSR count). The topological polar surface area (TPSA) is 15.3 Å². The highest BCUT2D eigenvalue weighted by molar-refractivity contribution is 5.50. The molecule has 1 heterocycles. The summed E-state index contributed by atoms with van der Waals surface area (Å²) >= 11 is 0. The zero-order valence-corrected chi connectivity index (χ0v) is 13.0. The van der Waals surface area contributed by atoms with Gasteiger partial charge in [0.15, 0.2) is 0 Å². The molecule has 1 aliphatic heterocycles. The summed E-state index contributed by atoms with van der Waals surface area (Å²) in [5.41, 5.74) is 2.17. The van der Waals surface area contributed by atoms with Crippen LogP contribution in [0.1, 0.15) is 45.6 Å². The summed E-state index contributed by atoms with van der Waals surface area (Å²) in [5.74, 6) is -0.0802. The first-order valence-corrected chi connectivity index (χ1v) is 7.88.